The van der Waals surface area contributed by atoms with Crippen LogP contribution in [0.15, 0.2) is 53.9 Å². The summed E-state index contributed by atoms with van der Waals surface area (Å²) < 4.78 is 42.8. The number of carbonyl (C=O) groups excluding carboxylic acids is 1. The number of carbonyl (C=O) groups is 1. The monoisotopic (exact) mass is 546 g/mol. The number of fused-ring (bicyclic) bond motifs is 1. The van der Waals surface area contributed by atoms with E-state index < -0.39 is 23.4 Å². The zero-order valence-corrected chi connectivity index (χ0v) is 20.7. The van der Waals surface area contributed by atoms with Crippen molar-refractivity contribution in [2.75, 3.05) is 11.1 Å². The summed E-state index contributed by atoms with van der Waals surface area (Å²) in [5.41, 5.74) is 1.97. The summed E-state index contributed by atoms with van der Waals surface area (Å²) in [6, 6.07) is 9.87. The van der Waals surface area contributed by atoms with E-state index >= 15 is 0 Å². The van der Waals surface area contributed by atoms with E-state index in [0.29, 0.717) is 16.0 Å². The van der Waals surface area contributed by atoms with Crippen molar-refractivity contribution in [2.24, 2.45) is 0 Å². The highest BCUT2D eigenvalue weighted by atomic mass is 35.5. The molecule has 0 fully saturated rings. The predicted octanol–water partition coefficient (Wildman–Crippen LogP) is 6.05. The number of halogens is 4. The molecule has 1 N–H and O–H groups in total. The molecule has 3 heterocycles. The first-order chi connectivity index (χ1) is 17.3. The fraction of sp³-hybridized carbons (Fsp3) is 0.0870. The van der Waals surface area contributed by atoms with Crippen molar-refractivity contribution in [3.63, 3.8) is 0 Å². The standard InChI is InChI=1S/C23H14ClF3N6OS2/c1-11-13(24)3-2-4-15(11)33-21(12-5-7-28-8-6-12)31-32-23(33)35-10-17(34)29-22-30-20-16(36-22)9-14(25)18(26)19(20)27/h2-9H,10H2,1H3,(H,29,30,34). The van der Waals surface area contributed by atoms with Gasteiger partial charge in [0.2, 0.25) is 5.91 Å². The predicted molar refractivity (Wildman–Crippen MR) is 133 cm³/mol. The first kappa shape index (κ1) is 24.2. The Labute approximate surface area is 215 Å². The fourth-order valence-electron chi connectivity index (χ4n) is 3.42. The number of nitrogens with zero attached hydrogens (tertiary/aromatic N) is 5. The van der Waals surface area contributed by atoms with Crippen LogP contribution in [-0.2, 0) is 4.79 Å². The Hall–Kier alpha value is -3.48. The summed E-state index contributed by atoms with van der Waals surface area (Å²) in [7, 11) is 0. The first-order valence-corrected chi connectivity index (χ1v) is 12.5. The molecule has 13 heteroatoms. The van der Waals surface area contributed by atoms with Crippen LogP contribution in [0.5, 0.6) is 0 Å². The zero-order valence-electron chi connectivity index (χ0n) is 18.3. The molecule has 2 aromatic carbocycles. The number of pyridine rings is 1. The summed E-state index contributed by atoms with van der Waals surface area (Å²) in [5, 5.41) is 12.1. The van der Waals surface area contributed by atoms with Gasteiger partial charge in [0.05, 0.1) is 16.1 Å². The highest BCUT2D eigenvalue weighted by molar-refractivity contribution is 7.99. The summed E-state index contributed by atoms with van der Waals surface area (Å²) in [6.07, 6.45) is 3.27. The third kappa shape index (κ3) is 4.54. The van der Waals surface area contributed by atoms with E-state index in [1.807, 2.05) is 13.0 Å². The number of hydrogen-bond donors (Lipinski definition) is 1. The van der Waals surface area contributed by atoms with Crippen LogP contribution in [-0.4, -0.2) is 36.4 Å². The van der Waals surface area contributed by atoms with Gasteiger partial charge in [0.15, 0.2) is 33.6 Å². The van der Waals surface area contributed by atoms with Gasteiger partial charge >= 0.3 is 0 Å². The Bertz CT molecular complexity index is 1610. The molecule has 0 aliphatic rings. The van der Waals surface area contributed by atoms with Crippen molar-refractivity contribution >= 4 is 56.0 Å². The van der Waals surface area contributed by atoms with Gasteiger partial charge in [0.25, 0.3) is 0 Å². The number of hydrogen-bond acceptors (Lipinski definition) is 7. The SMILES string of the molecule is Cc1c(Cl)cccc1-n1c(SCC(=O)Nc2nc3c(F)c(F)c(F)cc3s2)nnc1-c1ccncc1. The molecule has 0 spiro atoms. The minimum Gasteiger partial charge on any atom is -0.301 e. The molecule has 0 radical (unpaired) electrons. The molecule has 0 bridgehead atoms. The van der Waals surface area contributed by atoms with Crippen molar-refractivity contribution in [1.29, 1.82) is 0 Å². The molecule has 0 atom stereocenters. The molecule has 7 nitrogen and oxygen atoms in total. The third-order valence-electron chi connectivity index (χ3n) is 5.15. The van der Waals surface area contributed by atoms with Crippen LogP contribution in [0.1, 0.15) is 5.56 Å². The van der Waals surface area contributed by atoms with Gasteiger partial charge in [-0.25, -0.2) is 18.2 Å². The van der Waals surface area contributed by atoms with Crippen LogP contribution in [0.25, 0.3) is 27.3 Å². The van der Waals surface area contributed by atoms with E-state index in [-0.39, 0.29) is 21.1 Å². The minimum absolute atomic E-state index is 0.0177. The second-order valence-electron chi connectivity index (χ2n) is 7.45. The number of benzene rings is 2. The molecule has 36 heavy (non-hydrogen) atoms. The highest BCUT2D eigenvalue weighted by Crippen LogP contribution is 2.33. The normalized spacial score (nSPS) is 11.2. The van der Waals surface area contributed by atoms with E-state index in [9.17, 15) is 18.0 Å². The second-order valence-corrected chi connectivity index (χ2v) is 9.83. The molecule has 3 aromatic heterocycles. The number of anilines is 1. The molecule has 5 aromatic rings. The van der Waals surface area contributed by atoms with Crippen LogP contribution in [0, 0.1) is 24.4 Å². The van der Waals surface area contributed by atoms with E-state index in [1.54, 1.807) is 41.2 Å². The van der Waals surface area contributed by atoms with E-state index in [4.69, 9.17) is 11.6 Å². The van der Waals surface area contributed by atoms with E-state index in [2.05, 4.69) is 25.5 Å². The van der Waals surface area contributed by atoms with Crippen molar-refractivity contribution in [1.82, 2.24) is 24.7 Å². The number of amides is 1. The maximum Gasteiger partial charge on any atom is 0.236 e. The van der Waals surface area contributed by atoms with Crippen molar-refractivity contribution in [3.8, 4) is 17.1 Å². The number of thiazole rings is 1. The number of aromatic nitrogens is 5. The molecule has 5 rings (SSSR count). The van der Waals surface area contributed by atoms with Crippen LogP contribution in [0.2, 0.25) is 5.02 Å². The molecule has 182 valence electrons. The van der Waals surface area contributed by atoms with Gasteiger partial charge in [-0.15, -0.1) is 10.2 Å². The molecule has 0 saturated heterocycles. The van der Waals surface area contributed by atoms with Gasteiger partial charge in [-0.2, -0.15) is 0 Å². The van der Waals surface area contributed by atoms with Gasteiger partial charge in [-0.1, -0.05) is 40.8 Å². The van der Waals surface area contributed by atoms with E-state index in [1.165, 1.54) is 0 Å². The Morgan fingerprint density at radius 2 is 1.92 bits per heavy atom. The van der Waals surface area contributed by atoms with Gasteiger partial charge < -0.3 is 5.32 Å². The number of rotatable bonds is 6. The molecular formula is C23H14ClF3N6OS2. The second kappa shape index (κ2) is 9.88. The maximum absolute atomic E-state index is 14.0. The van der Waals surface area contributed by atoms with Gasteiger partial charge in [0, 0.05) is 23.0 Å². The lowest BCUT2D eigenvalue weighted by molar-refractivity contribution is -0.113. The minimum atomic E-state index is -1.61. The Balaban J connectivity index is 1.41. The topological polar surface area (TPSA) is 85.6 Å². The Morgan fingerprint density at radius 1 is 1.14 bits per heavy atom. The van der Waals surface area contributed by atoms with Crippen LogP contribution < -0.4 is 5.32 Å². The average molecular weight is 547 g/mol. The summed E-state index contributed by atoms with van der Waals surface area (Å²) >= 11 is 8.30. The maximum atomic E-state index is 14.0. The van der Waals surface area contributed by atoms with Crippen molar-refractivity contribution < 1.29 is 18.0 Å². The number of thioether (sulfide) groups is 1. The summed E-state index contributed by atoms with van der Waals surface area (Å²) in [4.78, 5) is 20.5. The lowest BCUT2D eigenvalue weighted by Crippen LogP contribution is -2.14. The van der Waals surface area contributed by atoms with Crippen molar-refractivity contribution in [3.05, 3.63) is 76.8 Å². The lowest BCUT2D eigenvalue weighted by Gasteiger charge is -2.13. The fourth-order valence-corrected chi connectivity index (χ4v) is 5.24. The van der Waals surface area contributed by atoms with E-state index in [0.717, 1.165) is 46.0 Å². The molecule has 0 saturated carbocycles. The van der Waals surface area contributed by atoms with Crippen molar-refractivity contribution in [2.45, 2.75) is 12.1 Å². The molecule has 0 aliphatic heterocycles. The molecular weight excluding hydrogens is 533 g/mol. The average Bonchev–Trinajstić information content (AvgIpc) is 3.47. The van der Waals surface area contributed by atoms with Gasteiger partial charge in [-0.05, 0) is 42.8 Å². The Morgan fingerprint density at radius 3 is 2.69 bits per heavy atom. The lowest BCUT2D eigenvalue weighted by atomic mass is 10.2. The van der Waals surface area contributed by atoms with Crippen LogP contribution >= 0.6 is 34.7 Å². The summed E-state index contributed by atoms with van der Waals surface area (Å²) in [6.45, 7) is 1.87. The molecule has 0 unspecified atom stereocenters. The number of nitrogens with one attached hydrogen (secondary N) is 1. The molecule has 1 amide bonds. The van der Waals surface area contributed by atoms with Crippen LogP contribution in [0.4, 0.5) is 18.3 Å². The van der Waals surface area contributed by atoms with Crippen LogP contribution in [0.3, 0.4) is 0 Å². The van der Waals surface area contributed by atoms with Gasteiger partial charge in [0.1, 0.15) is 5.52 Å². The smallest absolute Gasteiger partial charge is 0.236 e. The highest BCUT2D eigenvalue weighted by Gasteiger charge is 2.21. The zero-order chi connectivity index (χ0) is 25.4. The summed E-state index contributed by atoms with van der Waals surface area (Å²) in [5.74, 6) is -4.35. The first-order valence-electron chi connectivity index (χ1n) is 10.3. The third-order valence-corrected chi connectivity index (χ3v) is 7.41. The quantitative estimate of drug-likeness (QED) is 0.206. The van der Waals surface area contributed by atoms with Gasteiger partial charge in [-0.3, -0.25) is 14.3 Å². The Kier molecular flexibility index (Phi) is 6.65. The largest absolute Gasteiger partial charge is 0.301 e. The molecule has 0 aliphatic carbocycles.